The molecular formula is C17H21N5O3. The van der Waals surface area contributed by atoms with E-state index in [1.807, 2.05) is 12.1 Å². The Morgan fingerprint density at radius 3 is 2.36 bits per heavy atom. The van der Waals surface area contributed by atoms with Crippen LogP contribution in [0.1, 0.15) is 23.8 Å². The van der Waals surface area contributed by atoms with Crippen molar-refractivity contribution in [2.75, 3.05) is 30.9 Å². The van der Waals surface area contributed by atoms with E-state index in [2.05, 4.69) is 26.1 Å². The second-order valence-corrected chi connectivity index (χ2v) is 5.29. The Kier molecular flexibility index (Phi) is 6.85. The fourth-order valence-electron chi connectivity index (χ4n) is 2.02. The van der Waals surface area contributed by atoms with Gasteiger partial charge in [-0.1, -0.05) is 0 Å². The lowest BCUT2D eigenvalue weighted by atomic mass is 10.2. The van der Waals surface area contributed by atoms with Crippen molar-refractivity contribution in [2.45, 2.75) is 13.3 Å². The van der Waals surface area contributed by atoms with Crippen molar-refractivity contribution in [1.29, 1.82) is 0 Å². The third-order valence-electron chi connectivity index (χ3n) is 3.19. The molecule has 1 aromatic carbocycles. The van der Waals surface area contributed by atoms with Crippen molar-refractivity contribution in [1.82, 2.24) is 15.5 Å². The summed E-state index contributed by atoms with van der Waals surface area (Å²) in [7, 11) is 1.62. The maximum Gasteiger partial charge on any atom is 0.271 e. The molecule has 8 nitrogen and oxygen atoms in total. The molecule has 0 saturated carbocycles. The van der Waals surface area contributed by atoms with Crippen LogP contribution < -0.4 is 16.0 Å². The molecule has 0 atom stereocenters. The summed E-state index contributed by atoms with van der Waals surface area (Å²) in [6.45, 7) is 2.57. The van der Waals surface area contributed by atoms with Gasteiger partial charge in [0.15, 0.2) is 11.5 Å². The first-order valence-electron chi connectivity index (χ1n) is 7.84. The van der Waals surface area contributed by atoms with Crippen LogP contribution in [0.4, 0.5) is 17.2 Å². The predicted molar refractivity (Wildman–Crippen MR) is 94.9 cm³/mol. The molecule has 2 aromatic rings. The highest BCUT2D eigenvalue weighted by Crippen LogP contribution is 2.17. The largest absolute Gasteiger partial charge is 0.385 e. The van der Waals surface area contributed by atoms with E-state index >= 15 is 0 Å². The molecule has 3 N–H and O–H groups in total. The number of anilines is 3. The molecule has 0 aliphatic rings. The average molecular weight is 343 g/mol. The molecule has 25 heavy (non-hydrogen) atoms. The Morgan fingerprint density at radius 1 is 1.04 bits per heavy atom. The molecule has 0 radical (unpaired) electrons. The van der Waals surface area contributed by atoms with Crippen molar-refractivity contribution in [3.63, 3.8) is 0 Å². The zero-order chi connectivity index (χ0) is 18.1. The molecule has 0 bridgehead atoms. The van der Waals surface area contributed by atoms with Gasteiger partial charge in [-0.05, 0) is 42.8 Å². The van der Waals surface area contributed by atoms with E-state index in [9.17, 15) is 9.59 Å². The molecule has 2 amide bonds. The summed E-state index contributed by atoms with van der Waals surface area (Å²) in [6.07, 6.45) is 0.740. The van der Waals surface area contributed by atoms with Gasteiger partial charge in [0.25, 0.3) is 5.91 Å². The number of rotatable bonds is 8. The fraction of sp³-hybridized carbons (Fsp3) is 0.294. The van der Waals surface area contributed by atoms with E-state index in [4.69, 9.17) is 4.74 Å². The Balaban J connectivity index is 1.89. The van der Waals surface area contributed by atoms with E-state index in [1.165, 1.54) is 6.92 Å². The van der Waals surface area contributed by atoms with Gasteiger partial charge in [-0.3, -0.25) is 9.59 Å². The Bertz CT molecular complexity index is 701. The van der Waals surface area contributed by atoms with E-state index in [1.54, 1.807) is 31.4 Å². The van der Waals surface area contributed by atoms with Crippen molar-refractivity contribution in [2.24, 2.45) is 0 Å². The van der Waals surface area contributed by atoms with E-state index in [0.717, 1.165) is 12.1 Å². The number of hydrogen-bond acceptors (Lipinski definition) is 6. The SMILES string of the molecule is COCCCNC(=O)c1ccc(Nc2ccc(NC(C)=O)cc2)nn1. The van der Waals surface area contributed by atoms with Gasteiger partial charge >= 0.3 is 0 Å². The summed E-state index contributed by atoms with van der Waals surface area (Å²) in [5.74, 6) is 0.126. The first-order valence-corrected chi connectivity index (χ1v) is 7.84. The number of benzene rings is 1. The molecule has 0 fully saturated rings. The number of methoxy groups -OCH3 is 1. The standard InChI is InChI=1S/C17H21N5O3/c1-12(23)19-13-4-6-14(7-5-13)20-16-9-8-15(21-22-16)17(24)18-10-3-11-25-2/h4-9H,3,10-11H2,1-2H3,(H,18,24)(H,19,23)(H,20,22). The molecule has 1 heterocycles. The lowest BCUT2D eigenvalue weighted by Crippen LogP contribution is -2.26. The van der Waals surface area contributed by atoms with E-state index in [0.29, 0.717) is 24.7 Å². The predicted octanol–water partition coefficient (Wildman–Crippen LogP) is 1.94. The number of aromatic nitrogens is 2. The van der Waals surface area contributed by atoms with Crippen LogP contribution in [0.15, 0.2) is 36.4 Å². The number of carbonyl (C=O) groups is 2. The number of nitrogens with zero attached hydrogens (tertiary/aromatic N) is 2. The molecule has 0 aliphatic heterocycles. The minimum atomic E-state index is -0.269. The molecule has 0 spiro atoms. The summed E-state index contributed by atoms with van der Waals surface area (Å²) in [5, 5.41) is 16.4. The molecule has 132 valence electrons. The lowest BCUT2D eigenvalue weighted by molar-refractivity contribution is -0.114. The summed E-state index contributed by atoms with van der Waals surface area (Å²) >= 11 is 0. The second kappa shape index (κ2) is 9.33. The molecule has 2 rings (SSSR count). The lowest BCUT2D eigenvalue weighted by Gasteiger charge is -2.07. The van der Waals surface area contributed by atoms with Crippen LogP contribution in [0.5, 0.6) is 0 Å². The van der Waals surface area contributed by atoms with Crippen molar-refractivity contribution < 1.29 is 14.3 Å². The number of ether oxygens (including phenoxy) is 1. The van der Waals surface area contributed by atoms with Gasteiger partial charge in [0.1, 0.15) is 0 Å². The van der Waals surface area contributed by atoms with Crippen molar-refractivity contribution in [3.8, 4) is 0 Å². The maximum atomic E-state index is 11.9. The number of nitrogens with one attached hydrogen (secondary N) is 3. The third kappa shape index (κ3) is 6.19. The number of hydrogen-bond donors (Lipinski definition) is 3. The van der Waals surface area contributed by atoms with Crippen LogP contribution in [-0.4, -0.2) is 42.3 Å². The monoisotopic (exact) mass is 343 g/mol. The highest BCUT2D eigenvalue weighted by atomic mass is 16.5. The maximum absolute atomic E-state index is 11.9. The average Bonchev–Trinajstić information content (AvgIpc) is 2.60. The number of amides is 2. The normalized spacial score (nSPS) is 10.2. The summed E-state index contributed by atoms with van der Waals surface area (Å²) in [6, 6.07) is 10.5. The third-order valence-corrected chi connectivity index (χ3v) is 3.19. The molecule has 8 heteroatoms. The van der Waals surface area contributed by atoms with Crippen LogP contribution in [0.3, 0.4) is 0 Å². The van der Waals surface area contributed by atoms with Gasteiger partial charge in [-0.2, -0.15) is 0 Å². The van der Waals surface area contributed by atoms with Gasteiger partial charge in [0.2, 0.25) is 5.91 Å². The smallest absolute Gasteiger partial charge is 0.271 e. The van der Waals surface area contributed by atoms with Gasteiger partial charge in [-0.25, -0.2) is 0 Å². The van der Waals surface area contributed by atoms with Crippen LogP contribution in [-0.2, 0) is 9.53 Å². The number of carbonyl (C=O) groups excluding carboxylic acids is 2. The van der Waals surface area contributed by atoms with Crippen molar-refractivity contribution in [3.05, 3.63) is 42.1 Å². The minimum absolute atomic E-state index is 0.123. The summed E-state index contributed by atoms with van der Waals surface area (Å²) < 4.78 is 4.92. The highest BCUT2D eigenvalue weighted by Gasteiger charge is 2.07. The Morgan fingerprint density at radius 2 is 1.76 bits per heavy atom. The molecule has 0 aliphatic carbocycles. The molecule has 1 aromatic heterocycles. The minimum Gasteiger partial charge on any atom is -0.385 e. The first kappa shape index (κ1) is 18.3. The van der Waals surface area contributed by atoms with E-state index in [-0.39, 0.29) is 17.5 Å². The summed E-state index contributed by atoms with van der Waals surface area (Å²) in [5.41, 5.74) is 1.76. The molecule has 0 unspecified atom stereocenters. The van der Waals surface area contributed by atoms with Gasteiger partial charge < -0.3 is 20.7 Å². The van der Waals surface area contributed by atoms with Gasteiger partial charge in [0, 0.05) is 38.6 Å². The molecule has 0 saturated heterocycles. The quantitative estimate of drug-likeness (QED) is 0.633. The van der Waals surface area contributed by atoms with E-state index < -0.39 is 0 Å². The zero-order valence-electron chi connectivity index (χ0n) is 14.2. The zero-order valence-corrected chi connectivity index (χ0v) is 14.2. The Labute approximate surface area is 146 Å². The van der Waals surface area contributed by atoms with Crippen LogP contribution in [0, 0.1) is 0 Å². The Hall–Kier alpha value is -3.00. The fourth-order valence-corrected chi connectivity index (χ4v) is 2.02. The van der Waals surface area contributed by atoms with Crippen LogP contribution in [0.2, 0.25) is 0 Å². The molecular weight excluding hydrogens is 322 g/mol. The van der Waals surface area contributed by atoms with Gasteiger partial charge in [-0.15, -0.1) is 10.2 Å². The summed E-state index contributed by atoms with van der Waals surface area (Å²) in [4.78, 5) is 22.9. The highest BCUT2D eigenvalue weighted by molar-refractivity contribution is 5.92. The van der Waals surface area contributed by atoms with Crippen LogP contribution >= 0.6 is 0 Å². The van der Waals surface area contributed by atoms with Crippen LogP contribution in [0.25, 0.3) is 0 Å². The van der Waals surface area contributed by atoms with Crippen molar-refractivity contribution >= 4 is 29.0 Å². The topological polar surface area (TPSA) is 105 Å². The second-order valence-electron chi connectivity index (χ2n) is 5.29. The van der Waals surface area contributed by atoms with Gasteiger partial charge in [0.05, 0.1) is 0 Å². The first-order chi connectivity index (χ1) is 12.1.